The van der Waals surface area contributed by atoms with Crippen molar-refractivity contribution in [2.45, 2.75) is 25.4 Å². The van der Waals surface area contributed by atoms with Gasteiger partial charge in [-0.2, -0.15) is 0 Å². The highest BCUT2D eigenvalue weighted by Crippen LogP contribution is 2.46. The van der Waals surface area contributed by atoms with Crippen molar-refractivity contribution >= 4 is 40.8 Å². The Kier molecular flexibility index (Phi) is 7.12. The highest BCUT2D eigenvalue weighted by molar-refractivity contribution is 6.39. The molecule has 1 heterocycles. The Morgan fingerprint density at radius 1 is 1.05 bits per heavy atom. The first kappa shape index (κ1) is 25.2. The summed E-state index contributed by atoms with van der Waals surface area (Å²) >= 11 is 19.2. The van der Waals surface area contributed by atoms with Gasteiger partial charge in [0.05, 0.1) is 26.2 Å². The van der Waals surface area contributed by atoms with Crippen molar-refractivity contribution in [3.63, 3.8) is 0 Å². The largest absolute Gasteiger partial charge is 0.489 e. The number of carboxylic acid groups (broad SMARTS) is 1. The van der Waals surface area contributed by atoms with Crippen molar-refractivity contribution in [2.75, 3.05) is 0 Å². The van der Waals surface area contributed by atoms with Crippen molar-refractivity contribution in [1.82, 2.24) is 5.16 Å². The molecule has 5 nitrogen and oxygen atoms in total. The minimum Gasteiger partial charge on any atom is -0.489 e. The van der Waals surface area contributed by atoms with E-state index in [0.29, 0.717) is 37.6 Å². The lowest BCUT2D eigenvalue weighted by atomic mass is 10.0. The number of ether oxygens (including phenoxy) is 1. The number of aromatic carboxylic acids is 1. The van der Waals surface area contributed by atoms with Crippen LogP contribution in [0.1, 0.15) is 51.6 Å². The summed E-state index contributed by atoms with van der Waals surface area (Å²) in [7, 11) is 0. The summed E-state index contributed by atoms with van der Waals surface area (Å²) in [5, 5.41) is 14.6. The normalized spacial score (nSPS) is 12.6. The van der Waals surface area contributed by atoms with Crippen LogP contribution in [0.15, 0.2) is 59.1 Å². The minimum absolute atomic E-state index is 0.162. The molecule has 0 atom stereocenters. The number of hydrogen-bond acceptors (Lipinski definition) is 4. The topological polar surface area (TPSA) is 72.6 Å². The zero-order valence-corrected chi connectivity index (χ0v) is 21.3. The highest BCUT2D eigenvalue weighted by atomic mass is 35.5. The second kappa shape index (κ2) is 10.5. The molecule has 9 heteroatoms. The Hall–Kier alpha value is -3.50. The maximum Gasteiger partial charge on any atom is 0.335 e. The molecule has 5 rings (SSSR count). The first-order valence-corrected chi connectivity index (χ1v) is 12.3. The summed E-state index contributed by atoms with van der Waals surface area (Å²) in [6, 6.07) is 13.6. The third-order valence-corrected chi connectivity index (χ3v) is 6.72. The van der Waals surface area contributed by atoms with Gasteiger partial charge in [-0.05, 0) is 55.3 Å². The summed E-state index contributed by atoms with van der Waals surface area (Å²) in [5.41, 5.74) is 2.42. The van der Waals surface area contributed by atoms with Gasteiger partial charge >= 0.3 is 5.97 Å². The fraction of sp³-hybridized carbons (Fsp3) is 0.143. The molecule has 1 aromatic heterocycles. The molecule has 0 aliphatic heterocycles. The van der Waals surface area contributed by atoms with E-state index < -0.39 is 11.8 Å². The van der Waals surface area contributed by atoms with Gasteiger partial charge < -0.3 is 14.4 Å². The average Bonchev–Trinajstić information content (AvgIpc) is 3.62. The number of rotatable bonds is 6. The van der Waals surface area contributed by atoms with Crippen LogP contribution >= 0.6 is 34.8 Å². The molecule has 1 aliphatic rings. The second-order valence-electron chi connectivity index (χ2n) is 8.46. The maximum absolute atomic E-state index is 13.7. The van der Waals surface area contributed by atoms with Crippen LogP contribution in [0.2, 0.25) is 15.1 Å². The molecule has 0 bridgehead atoms. The Bertz CT molecular complexity index is 1560. The molecular weight excluding hydrogens is 540 g/mol. The minimum atomic E-state index is -1.24. The Morgan fingerprint density at radius 2 is 1.81 bits per heavy atom. The number of carbonyl (C=O) groups is 1. The van der Waals surface area contributed by atoms with Crippen molar-refractivity contribution in [2.24, 2.45) is 0 Å². The van der Waals surface area contributed by atoms with Gasteiger partial charge in [-0.1, -0.05) is 57.9 Å². The molecule has 1 N–H and O–H groups in total. The Labute approximate surface area is 226 Å². The highest BCUT2D eigenvalue weighted by Gasteiger charge is 2.33. The molecule has 1 saturated carbocycles. The first-order valence-electron chi connectivity index (χ1n) is 11.2. The van der Waals surface area contributed by atoms with Crippen LogP contribution in [0, 0.1) is 17.7 Å². The van der Waals surface area contributed by atoms with Crippen LogP contribution in [0.5, 0.6) is 5.75 Å². The zero-order valence-electron chi connectivity index (χ0n) is 19.0. The van der Waals surface area contributed by atoms with Gasteiger partial charge in [-0.25, -0.2) is 9.18 Å². The van der Waals surface area contributed by atoms with Gasteiger partial charge in [0.15, 0.2) is 0 Å². The van der Waals surface area contributed by atoms with Gasteiger partial charge in [-0.3, -0.25) is 0 Å². The van der Waals surface area contributed by atoms with E-state index in [1.54, 1.807) is 36.4 Å². The molecule has 0 radical (unpaired) electrons. The number of nitrogens with zero attached hydrogens (tertiary/aromatic N) is 1. The van der Waals surface area contributed by atoms with Gasteiger partial charge in [0.2, 0.25) is 0 Å². The lowest BCUT2D eigenvalue weighted by Gasteiger charge is -2.10. The predicted octanol–water partition coefficient (Wildman–Crippen LogP) is 8.00. The first-order chi connectivity index (χ1) is 17.8. The summed E-state index contributed by atoms with van der Waals surface area (Å²) < 4.78 is 25.4. The van der Waals surface area contributed by atoms with Gasteiger partial charge in [0, 0.05) is 28.7 Å². The Morgan fingerprint density at radius 3 is 2.49 bits per heavy atom. The van der Waals surface area contributed by atoms with Crippen LogP contribution in [-0.4, -0.2) is 16.2 Å². The van der Waals surface area contributed by atoms with E-state index in [0.717, 1.165) is 36.3 Å². The summed E-state index contributed by atoms with van der Waals surface area (Å²) in [4.78, 5) is 11.1. The number of benzene rings is 3. The fourth-order valence-electron chi connectivity index (χ4n) is 3.82. The van der Waals surface area contributed by atoms with Gasteiger partial charge in [0.25, 0.3) is 0 Å². The second-order valence-corrected chi connectivity index (χ2v) is 9.68. The number of hydrogen-bond donors (Lipinski definition) is 1. The molecule has 186 valence electrons. The Balaban J connectivity index is 1.38. The van der Waals surface area contributed by atoms with E-state index in [4.69, 9.17) is 49.2 Å². The molecule has 1 fully saturated rings. The zero-order chi connectivity index (χ0) is 26.1. The summed E-state index contributed by atoms with van der Waals surface area (Å²) in [6.45, 7) is 0.162. The van der Waals surface area contributed by atoms with Crippen molar-refractivity contribution in [3.05, 3.63) is 103 Å². The van der Waals surface area contributed by atoms with Crippen LogP contribution < -0.4 is 4.74 Å². The third kappa shape index (κ3) is 5.60. The molecule has 1 aliphatic carbocycles. The maximum atomic E-state index is 13.7. The van der Waals surface area contributed by atoms with Crippen LogP contribution in [0.3, 0.4) is 0 Å². The number of aromatic nitrogens is 1. The van der Waals surface area contributed by atoms with Crippen LogP contribution in [0.4, 0.5) is 4.39 Å². The quantitative estimate of drug-likeness (QED) is 0.244. The standard InChI is InChI=1S/C28H17Cl3FNO4/c29-22-2-1-3-23(30)25(22)26-21(27(37-33-26)17-6-7-17)14-36-20-9-8-16(24(31)13-20)5-4-15-10-18(28(34)35)12-19(32)11-15/h1-3,8-13,17H,6-7,14H2,(H,34,35). The molecule has 37 heavy (non-hydrogen) atoms. The SMILES string of the molecule is O=C(O)c1cc(F)cc(C#Cc2ccc(OCc3c(-c4c(Cl)cccc4Cl)noc3C3CC3)cc2Cl)c1. The van der Waals surface area contributed by atoms with Crippen molar-refractivity contribution < 1.29 is 23.6 Å². The summed E-state index contributed by atoms with van der Waals surface area (Å²) in [5.74, 6) is 5.21. The molecule has 3 aromatic carbocycles. The smallest absolute Gasteiger partial charge is 0.335 e. The van der Waals surface area contributed by atoms with E-state index in [1.165, 1.54) is 6.07 Å². The van der Waals surface area contributed by atoms with E-state index in [2.05, 4.69) is 17.0 Å². The average molecular weight is 557 g/mol. The molecule has 0 amide bonds. The fourth-order valence-corrected chi connectivity index (χ4v) is 4.61. The third-order valence-electron chi connectivity index (χ3n) is 5.78. The van der Waals surface area contributed by atoms with Crippen molar-refractivity contribution in [1.29, 1.82) is 0 Å². The molecular formula is C28H17Cl3FNO4. The van der Waals surface area contributed by atoms with E-state index in [1.807, 2.05) is 0 Å². The van der Waals surface area contributed by atoms with Crippen LogP contribution in [0.25, 0.3) is 11.3 Å². The predicted molar refractivity (Wildman–Crippen MR) is 139 cm³/mol. The molecule has 4 aromatic rings. The van der Waals surface area contributed by atoms with Crippen molar-refractivity contribution in [3.8, 4) is 28.8 Å². The van der Waals surface area contributed by atoms with Crippen LogP contribution in [-0.2, 0) is 6.61 Å². The molecule has 0 spiro atoms. The van der Waals surface area contributed by atoms with E-state index >= 15 is 0 Å². The molecule has 0 unspecified atom stereocenters. The molecule has 0 saturated heterocycles. The van der Waals surface area contributed by atoms with E-state index in [-0.39, 0.29) is 23.7 Å². The number of carboxylic acids is 1. The van der Waals surface area contributed by atoms with Gasteiger partial charge in [0.1, 0.15) is 29.6 Å². The van der Waals surface area contributed by atoms with Gasteiger partial charge in [-0.15, -0.1) is 0 Å². The number of halogens is 4. The lowest BCUT2D eigenvalue weighted by Crippen LogP contribution is -2.00. The van der Waals surface area contributed by atoms with E-state index in [9.17, 15) is 9.18 Å². The lowest BCUT2D eigenvalue weighted by molar-refractivity contribution is 0.0696. The summed E-state index contributed by atoms with van der Waals surface area (Å²) in [6.07, 6.45) is 2.02. The monoisotopic (exact) mass is 555 g/mol.